The Labute approximate surface area is 676 Å². The number of nitrogens with zero attached hydrogens (tertiary/aromatic N) is 13. The van der Waals surface area contributed by atoms with E-state index in [1.165, 1.54) is 39.4 Å². The number of benzene rings is 5. The van der Waals surface area contributed by atoms with Crippen LogP contribution in [0.15, 0.2) is 185 Å². The van der Waals surface area contributed by atoms with Crippen LogP contribution >= 0.6 is 0 Å². The molecule has 0 spiro atoms. The Kier molecular flexibility index (Phi) is 103. The van der Waals surface area contributed by atoms with Crippen molar-refractivity contribution in [2.75, 3.05) is 26.4 Å². The van der Waals surface area contributed by atoms with E-state index in [4.69, 9.17) is 36.2 Å². The molecule has 0 bridgehead atoms. The fourth-order valence-electron chi connectivity index (χ4n) is 6.30. The van der Waals surface area contributed by atoms with Gasteiger partial charge in [-0.3, -0.25) is 4.68 Å². The summed E-state index contributed by atoms with van der Waals surface area (Å²) in [5.41, 5.74) is 22.4. The zero-order chi connectivity index (χ0) is 60.4. The molecule has 8 rings (SSSR count). The molecule has 6 N–H and O–H groups in total. The van der Waals surface area contributed by atoms with Gasteiger partial charge in [-0.25, -0.2) is 0 Å². The molecule has 5 aromatic carbocycles. The van der Waals surface area contributed by atoms with Crippen LogP contribution in [0.2, 0.25) is 0 Å². The van der Waals surface area contributed by atoms with Crippen LogP contribution in [0, 0.1) is 90.0 Å². The summed E-state index contributed by atoms with van der Waals surface area (Å²) in [4.78, 5) is 4.33. The van der Waals surface area contributed by atoms with Gasteiger partial charge in [-0.2, -0.15) is 20.7 Å². The van der Waals surface area contributed by atoms with E-state index in [1.807, 2.05) is 127 Å². The summed E-state index contributed by atoms with van der Waals surface area (Å²) in [7, 11) is 0. The summed E-state index contributed by atoms with van der Waals surface area (Å²) in [6, 6.07) is 57.1. The smallest absolute Gasteiger partial charge is 0.298 e. The van der Waals surface area contributed by atoms with Crippen molar-refractivity contribution in [1.29, 1.82) is 10.8 Å². The number of terminal acetylenes is 2. The minimum absolute atomic E-state index is 0. The van der Waals surface area contributed by atoms with E-state index in [-0.39, 0.29) is 220 Å². The molecule has 92 heavy (non-hydrogen) atoms. The average Bonchev–Trinajstić information content (AvgIpc) is 4.56. The molecule has 0 unspecified atom stereocenters. The molecular formula is C67H92N15O5Y5-5. The minimum Gasteiger partial charge on any atom is -0.498 e. The topological polar surface area (TPSA) is 310 Å². The van der Waals surface area contributed by atoms with Gasteiger partial charge in [0.2, 0.25) is 0 Å². The molecule has 0 atom stereocenters. The van der Waals surface area contributed by atoms with Crippen LogP contribution in [0.4, 0.5) is 0 Å². The van der Waals surface area contributed by atoms with E-state index in [9.17, 15) is 5.21 Å². The first kappa shape index (κ1) is 112. The predicted octanol–water partition coefficient (Wildman–Crippen LogP) is 13.0. The Morgan fingerprint density at radius 3 is 1.36 bits per heavy atom. The van der Waals surface area contributed by atoms with Crippen LogP contribution < -0.4 is 5.84 Å². The van der Waals surface area contributed by atoms with Crippen molar-refractivity contribution >= 4 is 0 Å². The van der Waals surface area contributed by atoms with E-state index >= 15 is 0 Å². The van der Waals surface area contributed by atoms with Gasteiger partial charge in [0, 0.05) is 212 Å². The molecule has 8 aromatic rings. The molecule has 20 nitrogen and oxygen atoms in total. The van der Waals surface area contributed by atoms with E-state index in [1.54, 1.807) is 4.80 Å². The second kappa shape index (κ2) is 84.6. The van der Waals surface area contributed by atoms with Crippen molar-refractivity contribution < 1.29 is 183 Å². The maximum atomic E-state index is 9.63. The number of rotatable bonds is 17. The number of nitrogens with one attached hydrogen (secondary N) is 1. The molecule has 0 fully saturated rings. The van der Waals surface area contributed by atoms with Crippen molar-refractivity contribution in [2.45, 2.75) is 98.1 Å². The summed E-state index contributed by atoms with van der Waals surface area (Å²) in [6.07, 6.45) is 22.2. The van der Waals surface area contributed by atoms with Crippen LogP contribution in [0.1, 0.15) is 77.9 Å². The fraction of sp³-hybridized carbons (Fsp3) is 0.284. The number of hydrogen-bond acceptors (Lipinski definition) is 14. The first-order chi connectivity index (χ1) is 40.2. The molecule has 0 saturated heterocycles. The zero-order valence-corrected chi connectivity index (χ0v) is 69.3. The van der Waals surface area contributed by atoms with Crippen LogP contribution in [0.5, 0.6) is 0 Å². The second-order valence-electron chi connectivity index (χ2n) is 16.3. The Morgan fingerprint density at radius 1 is 0.620 bits per heavy atom. The molecule has 0 aliphatic rings. The Hall–Kier alpha value is -4.40. The number of azide groups is 1. The number of aliphatic hydroxyl groups excluding tert-OH is 3. The van der Waals surface area contributed by atoms with Crippen molar-refractivity contribution in [2.24, 2.45) is 16.2 Å². The van der Waals surface area contributed by atoms with Gasteiger partial charge in [0.15, 0.2) is 5.82 Å². The number of nitrogens with two attached hydrogens (primary N) is 1. The van der Waals surface area contributed by atoms with Gasteiger partial charge in [-0.15, -0.1) is 23.0 Å². The summed E-state index contributed by atoms with van der Waals surface area (Å²) in [5.74, 6) is 9.89. The number of hydrogen-bond donors (Lipinski definition) is 5. The van der Waals surface area contributed by atoms with Crippen LogP contribution in [0.25, 0.3) is 15.5 Å². The molecule has 0 amide bonds. The van der Waals surface area contributed by atoms with Crippen LogP contribution in [0.3, 0.4) is 0 Å². The van der Waals surface area contributed by atoms with Gasteiger partial charge in [-0.1, -0.05) is 200 Å². The molecule has 3 aromatic heterocycles. The predicted molar refractivity (Wildman–Crippen MR) is 354 cm³/mol. The van der Waals surface area contributed by atoms with Gasteiger partial charge in [0.1, 0.15) is 25.6 Å². The molecule has 5 radical (unpaired) electrons. The standard InChI is InChI=1S/C13H16N2.C13H15NO.C11H14N4.C9H9NO.C8H9N3.2C3H4O.C2H3NO.5CH3.H3N3.5Y/c1-2-12-10-14-15(11-12)9-8-13-6-4-3-5-7-13;1-2-13-10-12(14-15-13)9-8-11-6-4-3-5-7-11;1-2-11-12-14-15(13-11)9-8-10-6-4-3-5-7-10;11-10-8-4-7-9-5-2-1-3-6-9;9-11-10-7-6-8-4-2-1-3-5-8;2*1-2-3-4;3-1-2-4;;;;;;1-3-2;;;;;/h3-7,10-11H,2,8-9H2,1H3;3-7,10H,2,8-9H2,1H3;3-7H,2,8-9H2,1H3;1-3,5-6H,4,7H2;1-5H,6-7H2;2*1,4H,3H2;4H,2H2;5*1H3;(H3,1,2);;;;;/q;;;;;;;;5*-1;;;;;;. The Bertz CT molecular complexity index is 2800. The fourth-order valence-corrected chi connectivity index (χ4v) is 6.30. The molecule has 0 saturated carbocycles. The summed E-state index contributed by atoms with van der Waals surface area (Å²) < 4.78 is 7.17. The number of nitriles is 1. The van der Waals surface area contributed by atoms with Gasteiger partial charge in [0.05, 0.1) is 30.9 Å². The third-order valence-corrected chi connectivity index (χ3v) is 10.4. The number of aryl methyl sites for hydroxylation is 10. The molecular weight excluding hydrogens is 1540 g/mol. The quantitative estimate of drug-likeness (QED) is 0.00831. The van der Waals surface area contributed by atoms with Gasteiger partial charge in [0.25, 0.3) is 6.07 Å². The molecule has 25 heteroatoms. The molecule has 3 heterocycles. The maximum Gasteiger partial charge on any atom is 0.298 e. The molecule has 0 aliphatic heterocycles. The third kappa shape index (κ3) is 65.7. The number of tetrazole rings is 1. The normalized spacial score (nSPS) is 7.95. The average molecular weight is 1630 g/mol. The van der Waals surface area contributed by atoms with Crippen molar-refractivity contribution in [3.8, 4) is 36.8 Å². The Balaban J connectivity index is -0.0000000918. The van der Waals surface area contributed by atoms with Crippen molar-refractivity contribution in [3.63, 3.8) is 0 Å². The second-order valence-corrected chi connectivity index (χ2v) is 16.3. The van der Waals surface area contributed by atoms with E-state index in [0.717, 1.165) is 88.2 Å². The zero-order valence-electron chi connectivity index (χ0n) is 55.1. The van der Waals surface area contributed by atoms with E-state index < -0.39 is 0 Å². The van der Waals surface area contributed by atoms with Crippen LogP contribution in [-0.4, -0.2) is 76.8 Å². The summed E-state index contributed by atoms with van der Waals surface area (Å²) in [6.45, 7) is 7.86. The summed E-state index contributed by atoms with van der Waals surface area (Å²) in [5, 5.41) is 68.5. The SMILES string of the molecule is C#CCO.C#CCO.CCc1cc(CCc2ccccc2)no1.CCc1cnn(CCc2ccccc2)c1.CCc1nnn(CCc2ccccc2)n1.N#CCO.N=NN.[CH3-].[CH3-].[CH3-].[CH3-].[CH3-].[N-]=[N+]=NCCc1ccccc1.[O-][N+]#CCCc1ccccc1.[Y].[Y].[Y].[Y].[Y]. The monoisotopic (exact) mass is 1630 g/mol. The minimum atomic E-state index is -0.375. The Morgan fingerprint density at radius 2 is 1.02 bits per heavy atom. The number of aromatic nitrogens is 7. The largest absolute Gasteiger partial charge is 0.498 e. The first-order valence-electron chi connectivity index (χ1n) is 26.3. The molecule has 485 valence electrons. The van der Waals surface area contributed by atoms with Crippen molar-refractivity contribution in [3.05, 3.63) is 279 Å². The van der Waals surface area contributed by atoms with Gasteiger partial charge >= 0.3 is 0 Å². The number of aliphatic hydroxyl groups is 3. The van der Waals surface area contributed by atoms with Gasteiger partial charge < -0.3 is 68.0 Å². The van der Waals surface area contributed by atoms with Crippen LogP contribution in [-0.2, 0) is 234 Å². The van der Waals surface area contributed by atoms with E-state index in [2.05, 4.69) is 151 Å². The molecule has 0 aliphatic carbocycles. The maximum absolute atomic E-state index is 9.63. The van der Waals surface area contributed by atoms with E-state index in [0.29, 0.717) is 13.0 Å². The first-order valence-corrected chi connectivity index (χ1v) is 26.3. The summed E-state index contributed by atoms with van der Waals surface area (Å²) >= 11 is 0. The third-order valence-electron chi connectivity index (χ3n) is 10.4. The van der Waals surface area contributed by atoms with Crippen molar-refractivity contribution in [1.82, 2.24) is 35.1 Å². The van der Waals surface area contributed by atoms with Gasteiger partial charge in [-0.05, 0) is 89.1 Å².